The molecule has 1 unspecified atom stereocenters. The number of anilines is 1. The first kappa shape index (κ1) is 18.9. The molecule has 2 N–H and O–H groups in total. The SMILES string of the molecule is Cc1c(NC(=O)CCN2CCNCC2c2cccnc2)cccc1[N+](=O)[O-]. The summed E-state index contributed by atoms with van der Waals surface area (Å²) in [6.07, 6.45) is 3.93. The molecule has 142 valence electrons. The highest BCUT2D eigenvalue weighted by molar-refractivity contribution is 5.92. The van der Waals surface area contributed by atoms with E-state index in [1.54, 1.807) is 25.3 Å². The van der Waals surface area contributed by atoms with E-state index in [0.29, 0.717) is 24.2 Å². The summed E-state index contributed by atoms with van der Waals surface area (Å²) in [5.41, 5.74) is 2.08. The normalized spacial score (nSPS) is 17.4. The Morgan fingerprint density at radius 2 is 2.26 bits per heavy atom. The van der Waals surface area contributed by atoms with E-state index in [2.05, 4.69) is 20.5 Å². The van der Waals surface area contributed by atoms with Gasteiger partial charge in [0.05, 0.1) is 16.2 Å². The van der Waals surface area contributed by atoms with E-state index in [4.69, 9.17) is 0 Å². The number of amides is 1. The van der Waals surface area contributed by atoms with Crippen LogP contribution in [0.25, 0.3) is 0 Å². The second kappa shape index (κ2) is 8.70. The number of nitrogens with one attached hydrogen (secondary N) is 2. The van der Waals surface area contributed by atoms with Gasteiger partial charge in [0, 0.05) is 57.1 Å². The Labute approximate surface area is 157 Å². The van der Waals surface area contributed by atoms with Gasteiger partial charge in [0.2, 0.25) is 5.91 Å². The van der Waals surface area contributed by atoms with Gasteiger partial charge in [0.15, 0.2) is 0 Å². The van der Waals surface area contributed by atoms with E-state index >= 15 is 0 Å². The van der Waals surface area contributed by atoms with Crippen molar-refractivity contribution in [1.82, 2.24) is 15.2 Å². The van der Waals surface area contributed by atoms with Gasteiger partial charge in [-0.25, -0.2) is 0 Å². The van der Waals surface area contributed by atoms with Gasteiger partial charge in [0.25, 0.3) is 5.69 Å². The maximum absolute atomic E-state index is 12.4. The molecule has 1 fully saturated rings. The van der Waals surface area contributed by atoms with Crippen LogP contribution in [-0.2, 0) is 4.79 Å². The molecule has 1 aliphatic rings. The molecule has 3 rings (SSSR count). The summed E-state index contributed by atoms with van der Waals surface area (Å²) >= 11 is 0. The number of carbonyl (C=O) groups is 1. The molecule has 2 aromatic rings. The minimum atomic E-state index is -0.440. The Morgan fingerprint density at radius 3 is 3.00 bits per heavy atom. The average Bonchev–Trinajstić information content (AvgIpc) is 2.68. The lowest BCUT2D eigenvalue weighted by Crippen LogP contribution is -2.46. The van der Waals surface area contributed by atoms with Gasteiger partial charge in [-0.05, 0) is 24.6 Å². The molecule has 0 radical (unpaired) electrons. The highest BCUT2D eigenvalue weighted by Crippen LogP contribution is 2.25. The number of pyridine rings is 1. The molecule has 2 heterocycles. The topological polar surface area (TPSA) is 100 Å². The number of nitro benzene ring substituents is 1. The smallest absolute Gasteiger partial charge is 0.274 e. The second-order valence-corrected chi connectivity index (χ2v) is 6.55. The highest BCUT2D eigenvalue weighted by atomic mass is 16.6. The summed E-state index contributed by atoms with van der Waals surface area (Å²) in [6.45, 7) is 4.80. The maximum atomic E-state index is 12.4. The van der Waals surface area contributed by atoms with Crippen LogP contribution in [0.5, 0.6) is 0 Å². The van der Waals surface area contributed by atoms with Crippen molar-refractivity contribution >= 4 is 17.3 Å². The van der Waals surface area contributed by atoms with Crippen molar-refractivity contribution in [3.63, 3.8) is 0 Å². The summed E-state index contributed by atoms with van der Waals surface area (Å²) in [5, 5.41) is 17.2. The lowest BCUT2D eigenvalue weighted by molar-refractivity contribution is -0.385. The van der Waals surface area contributed by atoms with Gasteiger partial charge in [-0.15, -0.1) is 0 Å². The van der Waals surface area contributed by atoms with Crippen molar-refractivity contribution in [2.45, 2.75) is 19.4 Å². The Hall–Kier alpha value is -2.84. The monoisotopic (exact) mass is 369 g/mol. The second-order valence-electron chi connectivity index (χ2n) is 6.55. The van der Waals surface area contributed by atoms with Crippen LogP contribution in [0.1, 0.15) is 23.6 Å². The van der Waals surface area contributed by atoms with Crippen molar-refractivity contribution in [2.24, 2.45) is 0 Å². The van der Waals surface area contributed by atoms with E-state index < -0.39 is 4.92 Å². The molecular weight excluding hydrogens is 346 g/mol. The number of aromatic nitrogens is 1. The highest BCUT2D eigenvalue weighted by Gasteiger charge is 2.24. The summed E-state index contributed by atoms with van der Waals surface area (Å²) in [5.74, 6) is -0.151. The van der Waals surface area contributed by atoms with Gasteiger partial charge < -0.3 is 10.6 Å². The number of benzene rings is 1. The van der Waals surface area contributed by atoms with E-state index in [9.17, 15) is 14.9 Å². The number of piperazine rings is 1. The molecule has 1 aromatic carbocycles. The predicted molar refractivity (Wildman–Crippen MR) is 103 cm³/mol. The average molecular weight is 369 g/mol. The minimum Gasteiger partial charge on any atom is -0.326 e. The Kier molecular flexibility index (Phi) is 6.10. The Bertz CT molecular complexity index is 812. The number of nitro groups is 1. The summed E-state index contributed by atoms with van der Waals surface area (Å²) in [6, 6.07) is 8.84. The molecule has 27 heavy (non-hydrogen) atoms. The lowest BCUT2D eigenvalue weighted by Gasteiger charge is -2.36. The van der Waals surface area contributed by atoms with Gasteiger partial charge in [-0.1, -0.05) is 12.1 Å². The summed E-state index contributed by atoms with van der Waals surface area (Å²) in [4.78, 5) is 29.5. The predicted octanol–water partition coefficient (Wildman–Crippen LogP) is 2.27. The van der Waals surface area contributed by atoms with Crippen molar-refractivity contribution < 1.29 is 9.72 Å². The molecule has 1 aromatic heterocycles. The van der Waals surface area contributed by atoms with E-state index in [1.165, 1.54) is 6.07 Å². The van der Waals surface area contributed by atoms with Gasteiger partial charge in [0.1, 0.15) is 0 Å². The number of hydrogen-bond acceptors (Lipinski definition) is 6. The van der Waals surface area contributed by atoms with Crippen LogP contribution in [-0.4, -0.2) is 46.9 Å². The van der Waals surface area contributed by atoms with Crippen LogP contribution in [0.4, 0.5) is 11.4 Å². The number of nitrogens with zero attached hydrogens (tertiary/aromatic N) is 3. The van der Waals surface area contributed by atoms with Crippen molar-refractivity contribution in [1.29, 1.82) is 0 Å². The fourth-order valence-electron chi connectivity index (χ4n) is 3.33. The zero-order valence-corrected chi connectivity index (χ0v) is 15.2. The maximum Gasteiger partial charge on any atom is 0.274 e. The van der Waals surface area contributed by atoms with Crippen molar-refractivity contribution in [3.05, 3.63) is 64.0 Å². The quantitative estimate of drug-likeness (QED) is 0.598. The summed E-state index contributed by atoms with van der Waals surface area (Å²) < 4.78 is 0. The fourth-order valence-corrected chi connectivity index (χ4v) is 3.33. The molecule has 0 saturated carbocycles. The molecule has 8 nitrogen and oxygen atoms in total. The standard InChI is InChI=1S/C19H23N5O3/c1-14-16(5-2-6-17(14)24(26)27)22-19(25)7-10-23-11-9-21-13-18(23)15-4-3-8-20-12-15/h2-6,8,12,18,21H,7,9-11,13H2,1H3,(H,22,25). The zero-order chi connectivity index (χ0) is 19.2. The largest absolute Gasteiger partial charge is 0.326 e. The third-order valence-electron chi connectivity index (χ3n) is 4.83. The van der Waals surface area contributed by atoms with Crippen LogP contribution in [0.2, 0.25) is 0 Å². The first-order chi connectivity index (χ1) is 13.1. The molecule has 1 amide bonds. The zero-order valence-electron chi connectivity index (χ0n) is 15.2. The third kappa shape index (κ3) is 4.66. The van der Waals surface area contributed by atoms with E-state index in [-0.39, 0.29) is 17.6 Å². The van der Waals surface area contributed by atoms with Crippen LogP contribution in [0.3, 0.4) is 0 Å². The van der Waals surface area contributed by atoms with Crippen LogP contribution >= 0.6 is 0 Å². The number of rotatable bonds is 6. The summed E-state index contributed by atoms with van der Waals surface area (Å²) in [7, 11) is 0. The first-order valence-corrected chi connectivity index (χ1v) is 8.95. The van der Waals surface area contributed by atoms with Gasteiger partial charge in [-0.2, -0.15) is 0 Å². The molecule has 1 atom stereocenters. The molecule has 1 aliphatic heterocycles. The van der Waals surface area contributed by atoms with Gasteiger partial charge in [-0.3, -0.25) is 24.8 Å². The van der Waals surface area contributed by atoms with E-state index in [1.807, 2.05) is 18.3 Å². The fraction of sp³-hybridized carbons (Fsp3) is 0.368. The van der Waals surface area contributed by atoms with Crippen molar-refractivity contribution in [3.8, 4) is 0 Å². The molecule has 0 bridgehead atoms. The van der Waals surface area contributed by atoms with Crippen LogP contribution in [0, 0.1) is 17.0 Å². The Morgan fingerprint density at radius 1 is 1.41 bits per heavy atom. The first-order valence-electron chi connectivity index (χ1n) is 8.95. The van der Waals surface area contributed by atoms with Crippen LogP contribution < -0.4 is 10.6 Å². The van der Waals surface area contributed by atoms with Gasteiger partial charge >= 0.3 is 0 Å². The van der Waals surface area contributed by atoms with Crippen LogP contribution in [0.15, 0.2) is 42.7 Å². The molecule has 0 spiro atoms. The van der Waals surface area contributed by atoms with Crippen molar-refractivity contribution in [2.75, 3.05) is 31.5 Å². The minimum absolute atomic E-state index is 0.00606. The third-order valence-corrected chi connectivity index (χ3v) is 4.83. The lowest BCUT2D eigenvalue weighted by atomic mass is 10.1. The Balaban J connectivity index is 1.61. The molecule has 0 aliphatic carbocycles. The number of carbonyl (C=O) groups excluding carboxylic acids is 1. The molecule has 8 heteroatoms. The number of hydrogen-bond donors (Lipinski definition) is 2. The molecule has 1 saturated heterocycles. The van der Waals surface area contributed by atoms with E-state index in [0.717, 1.165) is 25.2 Å². The molecular formula is C19H23N5O3.